The van der Waals surface area contributed by atoms with Crippen LogP contribution in [0.2, 0.25) is 0 Å². The van der Waals surface area contributed by atoms with E-state index in [9.17, 15) is 13.6 Å². The van der Waals surface area contributed by atoms with E-state index in [1.165, 1.54) is 11.3 Å². The van der Waals surface area contributed by atoms with Crippen LogP contribution >= 0.6 is 11.3 Å². The van der Waals surface area contributed by atoms with Crippen LogP contribution in [0.3, 0.4) is 0 Å². The van der Waals surface area contributed by atoms with Gasteiger partial charge in [0.05, 0.1) is 5.69 Å². The zero-order valence-electron chi connectivity index (χ0n) is 9.91. The van der Waals surface area contributed by atoms with Gasteiger partial charge in [0.15, 0.2) is 5.13 Å². The number of aromatic carboxylic acids is 1. The molecule has 0 aliphatic carbocycles. The van der Waals surface area contributed by atoms with Crippen LogP contribution in [0.15, 0.2) is 17.5 Å². The van der Waals surface area contributed by atoms with Crippen molar-refractivity contribution < 1.29 is 18.7 Å². The average Bonchev–Trinajstić information content (AvgIpc) is 2.75. The molecule has 19 heavy (non-hydrogen) atoms. The van der Waals surface area contributed by atoms with E-state index in [1.807, 2.05) is 12.3 Å². The lowest BCUT2D eigenvalue weighted by molar-refractivity contribution is 0.0686. The van der Waals surface area contributed by atoms with Gasteiger partial charge in [-0.3, -0.25) is 0 Å². The summed E-state index contributed by atoms with van der Waals surface area (Å²) >= 11 is 1.31. The van der Waals surface area contributed by atoms with E-state index in [0.717, 1.165) is 24.2 Å². The maximum Gasteiger partial charge on any atom is 0.341 e. The lowest BCUT2D eigenvalue weighted by Crippen LogP contribution is -2.05. The number of thiazole rings is 1. The van der Waals surface area contributed by atoms with Crippen molar-refractivity contribution in [3.8, 4) is 0 Å². The van der Waals surface area contributed by atoms with Crippen LogP contribution in [0.5, 0.6) is 0 Å². The van der Waals surface area contributed by atoms with E-state index < -0.39 is 23.2 Å². The highest BCUT2D eigenvalue weighted by Crippen LogP contribution is 2.24. The molecule has 100 valence electrons. The topological polar surface area (TPSA) is 62.2 Å². The maximum absolute atomic E-state index is 13.5. The Bertz CT molecular complexity index is 605. The normalized spacial score (nSPS) is 10.5. The molecule has 0 aliphatic heterocycles. The first-order valence-corrected chi connectivity index (χ1v) is 6.33. The summed E-state index contributed by atoms with van der Waals surface area (Å²) in [4.78, 5) is 14.8. The number of carbonyl (C=O) groups is 1. The SMILES string of the molecule is CCc1csc(Nc2cc(F)c(C(=O)O)c(F)c2)n1. The predicted molar refractivity (Wildman–Crippen MR) is 68.1 cm³/mol. The van der Waals surface area contributed by atoms with Crippen molar-refractivity contribution in [2.75, 3.05) is 5.32 Å². The zero-order chi connectivity index (χ0) is 14.0. The van der Waals surface area contributed by atoms with Gasteiger partial charge in [0.2, 0.25) is 0 Å². The van der Waals surface area contributed by atoms with E-state index in [2.05, 4.69) is 10.3 Å². The lowest BCUT2D eigenvalue weighted by atomic mass is 10.2. The smallest absolute Gasteiger partial charge is 0.341 e. The number of carboxylic acids is 1. The molecular weight excluding hydrogens is 274 g/mol. The third kappa shape index (κ3) is 2.87. The monoisotopic (exact) mass is 284 g/mol. The maximum atomic E-state index is 13.5. The van der Waals surface area contributed by atoms with E-state index >= 15 is 0 Å². The molecule has 7 heteroatoms. The van der Waals surface area contributed by atoms with Crippen molar-refractivity contribution in [3.05, 3.63) is 40.4 Å². The summed E-state index contributed by atoms with van der Waals surface area (Å²) in [7, 11) is 0. The van der Waals surface area contributed by atoms with E-state index in [0.29, 0.717) is 5.13 Å². The minimum absolute atomic E-state index is 0.122. The second-order valence-electron chi connectivity index (χ2n) is 3.74. The number of nitrogens with zero attached hydrogens (tertiary/aromatic N) is 1. The quantitative estimate of drug-likeness (QED) is 0.903. The number of nitrogens with one attached hydrogen (secondary N) is 1. The summed E-state index contributed by atoms with van der Waals surface area (Å²) in [6.07, 6.45) is 0.763. The Morgan fingerprint density at radius 3 is 2.53 bits per heavy atom. The van der Waals surface area contributed by atoms with E-state index in [-0.39, 0.29) is 5.69 Å². The summed E-state index contributed by atoms with van der Waals surface area (Å²) in [5.41, 5.74) is 0.0338. The fraction of sp³-hybridized carbons (Fsp3) is 0.167. The van der Waals surface area contributed by atoms with Gasteiger partial charge in [-0.25, -0.2) is 18.6 Å². The van der Waals surface area contributed by atoms with Crippen molar-refractivity contribution in [3.63, 3.8) is 0 Å². The molecule has 0 fully saturated rings. The number of halogens is 2. The number of rotatable bonds is 4. The number of benzene rings is 1. The van der Waals surface area contributed by atoms with E-state index in [4.69, 9.17) is 5.11 Å². The van der Waals surface area contributed by atoms with Crippen LogP contribution in [0.1, 0.15) is 23.0 Å². The van der Waals surface area contributed by atoms with Crippen LogP contribution in [0, 0.1) is 11.6 Å². The number of aryl methyl sites for hydroxylation is 1. The highest BCUT2D eigenvalue weighted by molar-refractivity contribution is 7.13. The number of aromatic nitrogens is 1. The molecule has 1 aromatic carbocycles. The molecular formula is C12H10F2N2O2S. The molecule has 0 radical (unpaired) electrons. The zero-order valence-corrected chi connectivity index (χ0v) is 10.7. The molecule has 0 saturated carbocycles. The summed E-state index contributed by atoms with van der Waals surface area (Å²) in [6, 6.07) is 1.86. The summed E-state index contributed by atoms with van der Waals surface area (Å²) in [5, 5.41) is 13.7. The van der Waals surface area contributed by atoms with Gasteiger partial charge < -0.3 is 10.4 Å². The molecule has 4 nitrogen and oxygen atoms in total. The molecule has 0 aliphatic rings. The van der Waals surface area contributed by atoms with Gasteiger partial charge in [-0.05, 0) is 18.6 Å². The van der Waals surface area contributed by atoms with Gasteiger partial charge >= 0.3 is 5.97 Å². The van der Waals surface area contributed by atoms with Crippen LogP contribution < -0.4 is 5.32 Å². The van der Waals surface area contributed by atoms with Crippen LogP contribution in [-0.4, -0.2) is 16.1 Å². The van der Waals surface area contributed by atoms with Crippen LogP contribution in [-0.2, 0) is 6.42 Å². The molecule has 0 unspecified atom stereocenters. The molecule has 2 aromatic rings. The van der Waals surface area contributed by atoms with Gasteiger partial charge in [0, 0.05) is 11.1 Å². The first-order valence-electron chi connectivity index (χ1n) is 5.45. The summed E-state index contributed by atoms with van der Waals surface area (Å²) in [5.74, 6) is -3.88. The second kappa shape index (κ2) is 5.31. The van der Waals surface area contributed by atoms with Crippen molar-refractivity contribution in [1.29, 1.82) is 0 Å². The fourth-order valence-corrected chi connectivity index (χ4v) is 2.31. The van der Waals surface area contributed by atoms with Crippen LogP contribution in [0.25, 0.3) is 0 Å². The number of carboxylic acid groups (broad SMARTS) is 1. The predicted octanol–water partition coefficient (Wildman–Crippen LogP) is 3.43. The van der Waals surface area contributed by atoms with Crippen molar-refractivity contribution in [2.24, 2.45) is 0 Å². The number of hydrogen-bond acceptors (Lipinski definition) is 4. The minimum atomic E-state index is -1.64. The molecule has 0 atom stereocenters. The largest absolute Gasteiger partial charge is 0.477 e. The first-order chi connectivity index (χ1) is 9.01. The third-order valence-corrected chi connectivity index (χ3v) is 3.23. The van der Waals surface area contributed by atoms with Crippen molar-refractivity contribution >= 4 is 28.1 Å². The molecule has 1 aromatic heterocycles. The van der Waals surface area contributed by atoms with Gasteiger partial charge in [0.1, 0.15) is 17.2 Å². The number of hydrogen-bond donors (Lipinski definition) is 2. The highest BCUT2D eigenvalue weighted by atomic mass is 32.1. The van der Waals surface area contributed by atoms with Crippen molar-refractivity contribution in [1.82, 2.24) is 4.98 Å². The summed E-state index contributed by atoms with van der Waals surface area (Å²) < 4.78 is 26.9. The van der Waals surface area contributed by atoms with Gasteiger partial charge in [-0.15, -0.1) is 11.3 Å². The first kappa shape index (κ1) is 13.4. The molecule has 0 amide bonds. The average molecular weight is 284 g/mol. The Kier molecular flexibility index (Phi) is 3.75. The molecule has 1 heterocycles. The molecule has 2 N–H and O–H groups in total. The Morgan fingerprint density at radius 1 is 1.42 bits per heavy atom. The molecule has 2 rings (SSSR count). The second-order valence-corrected chi connectivity index (χ2v) is 4.60. The lowest BCUT2D eigenvalue weighted by Gasteiger charge is -2.05. The van der Waals surface area contributed by atoms with Gasteiger partial charge in [0.25, 0.3) is 0 Å². The van der Waals surface area contributed by atoms with Gasteiger partial charge in [-0.2, -0.15) is 0 Å². The Labute approximate surface area is 111 Å². The number of anilines is 2. The molecule has 0 spiro atoms. The van der Waals surface area contributed by atoms with Crippen LogP contribution in [0.4, 0.5) is 19.6 Å². The highest BCUT2D eigenvalue weighted by Gasteiger charge is 2.18. The van der Waals surface area contributed by atoms with Crippen molar-refractivity contribution in [2.45, 2.75) is 13.3 Å². The van der Waals surface area contributed by atoms with E-state index in [1.54, 1.807) is 0 Å². The Balaban J connectivity index is 2.29. The third-order valence-electron chi connectivity index (χ3n) is 2.42. The minimum Gasteiger partial charge on any atom is -0.477 e. The fourth-order valence-electron chi connectivity index (χ4n) is 1.50. The summed E-state index contributed by atoms with van der Waals surface area (Å²) in [6.45, 7) is 1.94. The standard InChI is InChI=1S/C12H10F2N2O2S/c1-2-6-5-19-12(15-6)16-7-3-8(13)10(11(17)18)9(14)4-7/h3-5H,2H2,1H3,(H,15,16)(H,17,18). The van der Waals surface area contributed by atoms with Gasteiger partial charge in [-0.1, -0.05) is 6.92 Å². The molecule has 0 bridgehead atoms. The molecule has 0 saturated heterocycles. The Morgan fingerprint density at radius 2 is 2.05 bits per heavy atom. The Hall–Kier alpha value is -2.02.